The average molecular weight is 530 g/mol. The van der Waals surface area contributed by atoms with Crippen LogP contribution in [0.2, 0.25) is 10.0 Å². The van der Waals surface area contributed by atoms with Crippen molar-refractivity contribution in [2.75, 3.05) is 19.0 Å². The topological polar surface area (TPSA) is 115 Å². The average Bonchev–Trinajstić information content (AvgIpc) is 2.87. The van der Waals surface area contributed by atoms with Gasteiger partial charge in [-0.15, -0.1) is 0 Å². The number of esters is 1. The van der Waals surface area contributed by atoms with Crippen molar-refractivity contribution < 1.29 is 28.6 Å². The van der Waals surface area contributed by atoms with Crippen molar-refractivity contribution in [3.05, 3.63) is 81.8 Å². The summed E-state index contributed by atoms with van der Waals surface area (Å²) in [6, 6.07) is 15.6. The monoisotopic (exact) mass is 529 g/mol. The molecule has 0 aromatic heterocycles. The number of amides is 2. The number of ether oxygens (including phenoxy) is 3. The van der Waals surface area contributed by atoms with Crippen LogP contribution in [0.5, 0.6) is 17.2 Å². The maximum Gasteiger partial charge on any atom is 0.343 e. The van der Waals surface area contributed by atoms with Crippen LogP contribution < -0.4 is 25.0 Å². The van der Waals surface area contributed by atoms with Gasteiger partial charge in [0.25, 0.3) is 0 Å². The zero-order valence-electron chi connectivity index (χ0n) is 19.2. The number of hydrogen-bond donors (Lipinski definition) is 2. The molecule has 0 heterocycles. The Labute approximate surface area is 216 Å². The molecular formula is C25H21Cl2N3O6. The number of halogens is 2. The minimum atomic E-state index is -1.02. The van der Waals surface area contributed by atoms with Crippen LogP contribution in [0.1, 0.15) is 22.8 Å². The Bertz CT molecular complexity index is 1300. The number of hydrogen-bond acceptors (Lipinski definition) is 7. The summed E-state index contributed by atoms with van der Waals surface area (Å²) >= 11 is 11.8. The fourth-order valence-corrected chi connectivity index (χ4v) is 3.17. The maximum atomic E-state index is 12.5. The standard InChI is InChI=1S/C25H21Cl2N3O6/c1-3-35-22-12-15(4-11-21(22)36-25(33)16-5-8-18(34-2)9-6-16)14-28-30-24(32)23(31)29-20-13-17(26)7-10-19(20)27/h4-14H,3H2,1-2H3,(H,29,31)(H,30,32). The van der Waals surface area contributed by atoms with Gasteiger partial charge in [0.1, 0.15) is 5.75 Å². The highest BCUT2D eigenvalue weighted by Crippen LogP contribution is 2.29. The molecule has 0 atom stereocenters. The molecule has 0 radical (unpaired) electrons. The molecule has 0 saturated carbocycles. The Morgan fingerprint density at radius 1 is 0.944 bits per heavy atom. The zero-order valence-corrected chi connectivity index (χ0v) is 20.7. The summed E-state index contributed by atoms with van der Waals surface area (Å²) in [5, 5.41) is 6.70. The highest BCUT2D eigenvalue weighted by atomic mass is 35.5. The zero-order chi connectivity index (χ0) is 26.1. The molecule has 0 aliphatic rings. The summed E-state index contributed by atoms with van der Waals surface area (Å²) in [7, 11) is 1.53. The smallest absolute Gasteiger partial charge is 0.343 e. The number of rotatable bonds is 8. The fraction of sp³-hybridized carbons (Fsp3) is 0.120. The van der Waals surface area contributed by atoms with Crippen molar-refractivity contribution in [1.82, 2.24) is 5.43 Å². The molecule has 3 aromatic carbocycles. The predicted molar refractivity (Wildman–Crippen MR) is 136 cm³/mol. The summed E-state index contributed by atoms with van der Waals surface area (Å²) in [4.78, 5) is 36.6. The normalized spacial score (nSPS) is 10.6. The Hall–Kier alpha value is -4.08. The number of benzene rings is 3. The molecule has 0 fully saturated rings. The SMILES string of the molecule is CCOc1cc(C=NNC(=O)C(=O)Nc2cc(Cl)ccc2Cl)ccc1OC(=O)c1ccc(OC)cc1. The molecule has 3 aromatic rings. The Balaban J connectivity index is 1.64. The minimum absolute atomic E-state index is 0.189. The summed E-state index contributed by atoms with van der Waals surface area (Å²) in [6.45, 7) is 2.09. The molecule has 0 unspecified atom stereocenters. The molecule has 2 N–H and O–H groups in total. The number of carbonyl (C=O) groups excluding carboxylic acids is 3. The highest BCUT2D eigenvalue weighted by molar-refractivity contribution is 6.42. The lowest BCUT2D eigenvalue weighted by molar-refractivity contribution is -0.136. The van der Waals surface area contributed by atoms with E-state index >= 15 is 0 Å². The van der Waals surface area contributed by atoms with Crippen LogP contribution in [-0.4, -0.2) is 37.7 Å². The predicted octanol–water partition coefficient (Wildman–Crippen LogP) is 4.71. The first kappa shape index (κ1) is 26.5. The molecule has 3 rings (SSSR count). The number of carbonyl (C=O) groups is 3. The summed E-state index contributed by atoms with van der Waals surface area (Å²) in [6.07, 6.45) is 1.30. The van der Waals surface area contributed by atoms with Gasteiger partial charge in [0.2, 0.25) is 0 Å². The van der Waals surface area contributed by atoms with E-state index < -0.39 is 17.8 Å². The van der Waals surface area contributed by atoms with E-state index in [1.807, 2.05) is 0 Å². The van der Waals surface area contributed by atoms with Crippen molar-refractivity contribution in [2.45, 2.75) is 6.92 Å². The Morgan fingerprint density at radius 3 is 2.39 bits per heavy atom. The lowest BCUT2D eigenvalue weighted by Gasteiger charge is -2.11. The molecule has 11 heteroatoms. The van der Waals surface area contributed by atoms with Crippen molar-refractivity contribution in [2.24, 2.45) is 5.10 Å². The molecule has 0 aliphatic carbocycles. The first-order valence-electron chi connectivity index (χ1n) is 10.5. The van der Waals surface area contributed by atoms with Crippen LogP contribution in [0.4, 0.5) is 5.69 Å². The van der Waals surface area contributed by atoms with Crippen LogP contribution >= 0.6 is 23.2 Å². The van der Waals surface area contributed by atoms with Gasteiger partial charge in [0.15, 0.2) is 11.5 Å². The van der Waals surface area contributed by atoms with Crippen LogP contribution in [0.3, 0.4) is 0 Å². The van der Waals surface area contributed by atoms with E-state index in [-0.39, 0.29) is 16.5 Å². The molecule has 9 nitrogen and oxygen atoms in total. The van der Waals surface area contributed by atoms with Crippen molar-refractivity contribution >= 4 is 52.9 Å². The van der Waals surface area contributed by atoms with Gasteiger partial charge in [-0.05, 0) is 73.2 Å². The number of nitrogens with one attached hydrogen (secondary N) is 2. The molecule has 0 spiro atoms. The molecule has 36 heavy (non-hydrogen) atoms. The summed E-state index contributed by atoms with van der Waals surface area (Å²) in [5.41, 5.74) is 3.16. The van der Waals surface area contributed by atoms with Gasteiger partial charge in [-0.1, -0.05) is 23.2 Å². The van der Waals surface area contributed by atoms with E-state index in [2.05, 4.69) is 15.8 Å². The molecule has 2 amide bonds. The van der Waals surface area contributed by atoms with Crippen LogP contribution in [-0.2, 0) is 9.59 Å². The third-order valence-corrected chi connectivity index (χ3v) is 5.12. The number of hydrazone groups is 1. The lowest BCUT2D eigenvalue weighted by atomic mass is 10.2. The lowest BCUT2D eigenvalue weighted by Crippen LogP contribution is -2.32. The summed E-state index contributed by atoms with van der Waals surface area (Å²) < 4.78 is 16.1. The quantitative estimate of drug-likeness (QED) is 0.143. The number of methoxy groups -OCH3 is 1. The number of anilines is 1. The van der Waals surface area contributed by atoms with E-state index in [1.165, 1.54) is 31.5 Å². The van der Waals surface area contributed by atoms with Crippen LogP contribution in [0, 0.1) is 0 Å². The summed E-state index contributed by atoms with van der Waals surface area (Å²) in [5.74, 6) is -1.45. The van der Waals surface area contributed by atoms with E-state index in [1.54, 1.807) is 49.4 Å². The molecule has 186 valence electrons. The van der Waals surface area contributed by atoms with Gasteiger partial charge < -0.3 is 19.5 Å². The first-order chi connectivity index (χ1) is 17.3. The number of nitrogens with zero attached hydrogens (tertiary/aromatic N) is 1. The van der Waals surface area contributed by atoms with Gasteiger partial charge in [0.05, 0.1) is 36.2 Å². The minimum Gasteiger partial charge on any atom is -0.497 e. The van der Waals surface area contributed by atoms with Gasteiger partial charge in [0, 0.05) is 5.02 Å². The molecule has 0 aliphatic heterocycles. The second kappa shape index (κ2) is 12.6. The van der Waals surface area contributed by atoms with Crippen LogP contribution in [0.15, 0.2) is 65.8 Å². The van der Waals surface area contributed by atoms with Crippen molar-refractivity contribution in [3.8, 4) is 17.2 Å². The molecule has 0 bridgehead atoms. The van der Waals surface area contributed by atoms with Crippen LogP contribution in [0.25, 0.3) is 0 Å². The van der Waals surface area contributed by atoms with E-state index in [0.717, 1.165) is 0 Å². The molecule has 0 saturated heterocycles. The Kier molecular flexibility index (Phi) is 9.26. The van der Waals surface area contributed by atoms with Crippen molar-refractivity contribution in [1.29, 1.82) is 0 Å². The van der Waals surface area contributed by atoms with Crippen molar-refractivity contribution in [3.63, 3.8) is 0 Å². The largest absolute Gasteiger partial charge is 0.497 e. The van der Waals surface area contributed by atoms with E-state index in [4.69, 9.17) is 37.4 Å². The van der Waals surface area contributed by atoms with Gasteiger partial charge >= 0.3 is 17.8 Å². The van der Waals surface area contributed by atoms with Gasteiger partial charge in [-0.3, -0.25) is 9.59 Å². The third-order valence-electron chi connectivity index (χ3n) is 4.56. The second-order valence-corrected chi connectivity index (χ2v) is 7.88. The fourth-order valence-electron chi connectivity index (χ4n) is 2.83. The van der Waals surface area contributed by atoms with E-state index in [0.29, 0.717) is 34.3 Å². The van der Waals surface area contributed by atoms with E-state index in [9.17, 15) is 14.4 Å². The highest BCUT2D eigenvalue weighted by Gasteiger charge is 2.16. The Morgan fingerprint density at radius 2 is 1.69 bits per heavy atom. The first-order valence-corrected chi connectivity index (χ1v) is 11.3. The second-order valence-electron chi connectivity index (χ2n) is 7.03. The molecular weight excluding hydrogens is 509 g/mol. The third kappa shape index (κ3) is 7.21. The van der Waals surface area contributed by atoms with Gasteiger partial charge in [-0.25, -0.2) is 10.2 Å². The maximum absolute atomic E-state index is 12.5. The van der Waals surface area contributed by atoms with Gasteiger partial charge in [-0.2, -0.15) is 5.10 Å².